The summed E-state index contributed by atoms with van der Waals surface area (Å²) in [5.74, 6) is 0. The number of hydrogen-bond donors (Lipinski definition) is 1. The SMILES string of the molecule is COC[C@@H]1CNC(=O)N1c1ccc(C)cc1. The predicted molar refractivity (Wildman–Crippen MR) is 62.7 cm³/mol. The van der Waals surface area contributed by atoms with Crippen LogP contribution in [0, 0.1) is 6.92 Å². The third-order valence-electron chi connectivity index (χ3n) is 2.74. The van der Waals surface area contributed by atoms with Crippen LogP contribution in [0.1, 0.15) is 5.56 Å². The summed E-state index contributed by atoms with van der Waals surface area (Å²) in [6, 6.07) is 7.97. The Balaban J connectivity index is 2.22. The van der Waals surface area contributed by atoms with Crippen molar-refractivity contribution in [2.75, 3.05) is 25.2 Å². The Labute approximate surface area is 95.2 Å². The molecule has 4 heteroatoms. The first-order valence-electron chi connectivity index (χ1n) is 5.35. The summed E-state index contributed by atoms with van der Waals surface area (Å²) >= 11 is 0. The minimum atomic E-state index is -0.0501. The lowest BCUT2D eigenvalue weighted by molar-refractivity contribution is 0.184. The van der Waals surface area contributed by atoms with E-state index in [0.717, 1.165) is 5.69 Å². The summed E-state index contributed by atoms with van der Waals surface area (Å²) in [5, 5.41) is 2.82. The third-order valence-corrected chi connectivity index (χ3v) is 2.74. The van der Waals surface area contributed by atoms with Gasteiger partial charge in [0.05, 0.1) is 12.6 Å². The molecule has 0 aliphatic carbocycles. The third kappa shape index (κ3) is 2.02. The van der Waals surface area contributed by atoms with Crippen LogP contribution in [-0.4, -0.2) is 32.3 Å². The van der Waals surface area contributed by atoms with E-state index in [1.807, 2.05) is 31.2 Å². The van der Waals surface area contributed by atoms with E-state index in [9.17, 15) is 4.79 Å². The van der Waals surface area contributed by atoms with E-state index in [0.29, 0.717) is 13.2 Å². The van der Waals surface area contributed by atoms with Gasteiger partial charge in [-0.3, -0.25) is 4.90 Å². The van der Waals surface area contributed by atoms with Crippen molar-refractivity contribution in [2.24, 2.45) is 0 Å². The van der Waals surface area contributed by atoms with Crippen molar-refractivity contribution in [3.63, 3.8) is 0 Å². The van der Waals surface area contributed by atoms with Crippen molar-refractivity contribution in [3.8, 4) is 0 Å². The molecule has 0 spiro atoms. The fourth-order valence-electron chi connectivity index (χ4n) is 1.91. The molecule has 0 unspecified atom stereocenters. The van der Waals surface area contributed by atoms with Crippen molar-refractivity contribution in [2.45, 2.75) is 13.0 Å². The van der Waals surface area contributed by atoms with Crippen LogP contribution in [-0.2, 0) is 4.74 Å². The van der Waals surface area contributed by atoms with E-state index < -0.39 is 0 Å². The molecule has 1 saturated heterocycles. The molecule has 1 fully saturated rings. The van der Waals surface area contributed by atoms with Gasteiger partial charge in [0.15, 0.2) is 0 Å². The van der Waals surface area contributed by atoms with Gasteiger partial charge in [-0.05, 0) is 19.1 Å². The molecule has 0 radical (unpaired) electrons. The highest BCUT2D eigenvalue weighted by molar-refractivity contribution is 5.94. The summed E-state index contributed by atoms with van der Waals surface area (Å²) in [6.07, 6.45) is 0. The highest BCUT2D eigenvalue weighted by Gasteiger charge is 2.31. The van der Waals surface area contributed by atoms with E-state index in [1.165, 1.54) is 5.56 Å². The zero-order valence-electron chi connectivity index (χ0n) is 9.56. The van der Waals surface area contributed by atoms with Gasteiger partial charge in [0.2, 0.25) is 0 Å². The number of nitrogens with zero attached hydrogens (tertiary/aromatic N) is 1. The molecule has 1 aromatic carbocycles. The molecule has 1 atom stereocenters. The molecule has 4 nitrogen and oxygen atoms in total. The van der Waals surface area contributed by atoms with Gasteiger partial charge in [0.1, 0.15) is 0 Å². The number of carbonyl (C=O) groups is 1. The molecular weight excluding hydrogens is 204 g/mol. The Morgan fingerprint density at radius 1 is 1.44 bits per heavy atom. The van der Waals surface area contributed by atoms with Gasteiger partial charge in [-0.25, -0.2) is 4.79 Å². The van der Waals surface area contributed by atoms with E-state index in [4.69, 9.17) is 4.74 Å². The van der Waals surface area contributed by atoms with Crippen molar-refractivity contribution in [1.82, 2.24) is 5.32 Å². The normalized spacial score (nSPS) is 20.0. The van der Waals surface area contributed by atoms with Crippen molar-refractivity contribution < 1.29 is 9.53 Å². The largest absolute Gasteiger partial charge is 0.382 e. The number of ether oxygens (including phenoxy) is 1. The standard InChI is InChI=1S/C12H16N2O2/c1-9-3-5-10(6-4-9)14-11(8-16-2)7-13-12(14)15/h3-6,11H,7-8H2,1-2H3,(H,13,15)/t11-/m0/s1. The second-order valence-corrected chi connectivity index (χ2v) is 4.00. The smallest absolute Gasteiger partial charge is 0.322 e. The van der Waals surface area contributed by atoms with E-state index in [-0.39, 0.29) is 12.1 Å². The lowest BCUT2D eigenvalue weighted by Gasteiger charge is -2.22. The molecule has 86 valence electrons. The maximum absolute atomic E-state index is 11.7. The first kappa shape index (κ1) is 11.0. The molecule has 1 aromatic rings. The summed E-state index contributed by atoms with van der Waals surface area (Å²) < 4.78 is 5.12. The fraction of sp³-hybridized carbons (Fsp3) is 0.417. The number of amides is 2. The van der Waals surface area contributed by atoms with Crippen LogP contribution in [0.2, 0.25) is 0 Å². The average Bonchev–Trinajstić information content (AvgIpc) is 2.62. The lowest BCUT2D eigenvalue weighted by Crippen LogP contribution is -2.36. The molecule has 2 rings (SSSR count). The summed E-state index contributed by atoms with van der Waals surface area (Å²) in [4.78, 5) is 13.5. The van der Waals surface area contributed by atoms with E-state index in [2.05, 4.69) is 5.32 Å². The van der Waals surface area contributed by atoms with Crippen LogP contribution in [0.3, 0.4) is 0 Å². The first-order chi connectivity index (χ1) is 7.72. The topological polar surface area (TPSA) is 41.6 Å². The molecule has 1 aliphatic heterocycles. The average molecular weight is 220 g/mol. The first-order valence-corrected chi connectivity index (χ1v) is 5.35. The van der Waals surface area contributed by atoms with Crippen LogP contribution >= 0.6 is 0 Å². The molecule has 0 saturated carbocycles. The van der Waals surface area contributed by atoms with Gasteiger partial charge in [0, 0.05) is 19.3 Å². The van der Waals surface area contributed by atoms with Crippen molar-refractivity contribution in [1.29, 1.82) is 0 Å². The number of hydrogen-bond acceptors (Lipinski definition) is 2. The Bertz CT molecular complexity index is 375. The Morgan fingerprint density at radius 3 is 2.75 bits per heavy atom. The monoisotopic (exact) mass is 220 g/mol. The highest BCUT2D eigenvalue weighted by Crippen LogP contribution is 2.20. The second-order valence-electron chi connectivity index (χ2n) is 4.00. The zero-order valence-corrected chi connectivity index (χ0v) is 9.56. The number of nitrogens with one attached hydrogen (secondary N) is 1. The van der Waals surface area contributed by atoms with Crippen LogP contribution in [0.5, 0.6) is 0 Å². The number of aryl methyl sites for hydroxylation is 1. The minimum absolute atomic E-state index is 0.0501. The predicted octanol–water partition coefficient (Wildman–Crippen LogP) is 1.54. The van der Waals surface area contributed by atoms with Crippen LogP contribution in [0.4, 0.5) is 10.5 Å². The minimum Gasteiger partial charge on any atom is -0.382 e. The highest BCUT2D eigenvalue weighted by atomic mass is 16.5. The summed E-state index contributed by atoms with van der Waals surface area (Å²) in [6.45, 7) is 3.22. The second kappa shape index (κ2) is 4.53. The van der Waals surface area contributed by atoms with Gasteiger partial charge >= 0.3 is 6.03 Å². The maximum Gasteiger partial charge on any atom is 0.322 e. The maximum atomic E-state index is 11.7. The molecule has 1 heterocycles. The van der Waals surface area contributed by atoms with Gasteiger partial charge in [0.25, 0.3) is 0 Å². The van der Waals surface area contributed by atoms with Gasteiger partial charge in [-0.1, -0.05) is 17.7 Å². The number of anilines is 1. The number of rotatable bonds is 3. The molecule has 2 amide bonds. The van der Waals surface area contributed by atoms with Gasteiger partial charge in [-0.2, -0.15) is 0 Å². The molecule has 0 aromatic heterocycles. The lowest BCUT2D eigenvalue weighted by atomic mass is 10.2. The number of benzene rings is 1. The molecule has 0 bridgehead atoms. The van der Waals surface area contributed by atoms with Crippen molar-refractivity contribution >= 4 is 11.7 Å². The van der Waals surface area contributed by atoms with Crippen LogP contribution in [0.15, 0.2) is 24.3 Å². The molecule has 1 N–H and O–H groups in total. The number of urea groups is 1. The Hall–Kier alpha value is -1.55. The number of methoxy groups -OCH3 is 1. The summed E-state index contributed by atoms with van der Waals surface area (Å²) in [5.41, 5.74) is 2.11. The van der Waals surface area contributed by atoms with E-state index in [1.54, 1.807) is 12.0 Å². The van der Waals surface area contributed by atoms with Crippen LogP contribution in [0.25, 0.3) is 0 Å². The van der Waals surface area contributed by atoms with Crippen LogP contribution < -0.4 is 10.2 Å². The molecule has 16 heavy (non-hydrogen) atoms. The van der Waals surface area contributed by atoms with Gasteiger partial charge in [-0.15, -0.1) is 0 Å². The molecular formula is C12H16N2O2. The summed E-state index contributed by atoms with van der Waals surface area (Å²) in [7, 11) is 1.65. The van der Waals surface area contributed by atoms with E-state index >= 15 is 0 Å². The molecule has 1 aliphatic rings. The Kier molecular flexibility index (Phi) is 3.10. The van der Waals surface area contributed by atoms with Crippen molar-refractivity contribution in [3.05, 3.63) is 29.8 Å². The fourth-order valence-corrected chi connectivity index (χ4v) is 1.91. The van der Waals surface area contributed by atoms with Gasteiger partial charge < -0.3 is 10.1 Å². The quantitative estimate of drug-likeness (QED) is 0.839. The zero-order chi connectivity index (χ0) is 11.5. The number of carbonyl (C=O) groups excluding carboxylic acids is 1. The Morgan fingerprint density at radius 2 is 2.12 bits per heavy atom.